The van der Waals surface area contributed by atoms with E-state index in [0.29, 0.717) is 26.1 Å². The molecule has 1 aromatic heterocycles. The van der Waals surface area contributed by atoms with Crippen molar-refractivity contribution >= 4 is 37.5 Å². The normalized spacial score (nSPS) is 10.8. The van der Waals surface area contributed by atoms with E-state index in [1.165, 1.54) is 16.8 Å². The zero-order valence-corrected chi connectivity index (χ0v) is 13.6. The minimum Gasteiger partial charge on any atom is -0.398 e. The maximum Gasteiger partial charge on any atom is 0.188 e. The van der Waals surface area contributed by atoms with Gasteiger partial charge in [0, 0.05) is 15.7 Å². The van der Waals surface area contributed by atoms with Crippen LogP contribution in [0, 0.1) is 5.82 Å². The van der Waals surface area contributed by atoms with Crippen molar-refractivity contribution in [3.05, 3.63) is 51.2 Å². The summed E-state index contributed by atoms with van der Waals surface area (Å²) in [6.07, 6.45) is 0. The predicted octanol–water partition coefficient (Wildman–Crippen LogP) is 3.58. The standard InChI is InChI=1S/C13H8Br2FN5/c14-9-6-7(16)4-5-11(9)21-13(18-19-20-21)8-2-1-3-10(17)12(8)15/h1-6H,17H2. The van der Waals surface area contributed by atoms with Gasteiger partial charge in [0.15, 0.2) is 5.82 Å². The molecule has 3 aromatic rings. The first-order valence-electron chi connectivity index (χ1n) is 5.86. The van der Waals surface area contributed by atoms with Crippen molar-refractivity contribution in [3.8, 4) is 17.1 Å². The number of nitrogen functional groups attached to an aromatic ring is 1. The topological polar surface area (TPSA) is 69.6 Å². The summed E-state index contributed by atoms with van der Waals surface area (Å²) in [5, 5.41) is 11.7. The molecule has 0 fully saturated rings. The second kappa shape index (κ2) is 5.53. The van der Waals surface area contributed by atoms with Crippen molar-refractivity contribution in [1.29, 1.82) is 0 Å². The van der Waals surface area contributed by atoms with Crippen molar-refractivity contribution in [2.45, 2.75) is 0 Å². The number of hydrogen-bond acceptors (Lipinski definition) is 4. The molecule has 0 spiro atoms. The van der Waals surface area contributed by atoms with Crippen LogP contribution in [0.1, 0.15) is 0 Å². The molecule has 0 aliphatic rings. The Balaban J connectivity index is 2.20. The number of halogens is 3. The zero-order valence-electron chi connectivity index (χ0n) is 10.5. The van der Waals surface area contributed by atoms with Gasteiger partial charge < -0.3 is 5.73 Å². The first kappa shape index (κ1) is 14.2. The zero-order chi connectivity index (χ0) is 15.0. The van der Waals surface area contributed by atoms with Gasteiger partial charge in [0.25, 0.3) is 0 Å². The number of nitrogens with two attached hydrogens (primary N) is 1. The highest BCUT2D eigenvalue weighted by atomic mass is 79.9. The number of nitrogens with zero attached hydrogens (tertiary/aromatic N) is 4. The van der Waals surface area contributed by atoms with E-state index in [9.17, 15) is 4.39 Å². The Morgan fingerprint density at radius 3 is 2.71 bits per heavy atom. The molecular weight excluding hydrogens is 405 g/mol. The predicted molar refractivity (Wildman–Crippen MR) is 84.4 cm³/mol. The number of aromatic nitrogens is 4. The van der Waals surface area contributed by atoms with E-state index >= 15 is 0 Å². The number of tetrazole rings is 1. The average Bonchev–Trinajstić information content (AvgIpc) is 2.91. The van der Waals surface area contributed by atoms with Gasteiger partial charge >= 0.3 is 0 Å². The third-order valence-corrected chi connectivity index (χ3v) is 4.40. The molecule has 1 heterocycles. The fraction of sp³-hybridized carbons (Fsp3) is 0. The van der Waals surface area contributed by atoms with E-state index < -0.39 is 0 Å². The molecular formula is C13H8Br2FN5. The van der Waals surface area contributed by atoms with Crippen LogP contribution in [0.5, 0.6) is 0 Å². The lowest BCUT2D eigenvalue weighted by atomic mass is 10.2. The molecule has 0 unspecified atom stereocenters. The van der Waals surface area contributed by atoms with Crippen LogP contribution in [0.25, 0.3) is 17.1 Å². The molecule has 0 aliphatic heterocycles. The fourth-order valence-electron chi connectivity index (χ4n) is 1.89. The van der Waals surface area contributed by atoms with E-state index in [1.54, 1.807) is 12.1 Å². The summed E-state index contributed by atoms with van der Waals surface area (Å²) in [6, 6.07) is 9.73. The van der Waals surface area contributed by atoms with Crippen LogP contribution >= 0.6 is 31.9 Å². The van der Waals surface area contributed by atoms with Crippen molar-refractivity contribution < 1.29 is 4.39 Å². The van der Waals surface area contributed by atoms with Gasteiger partial charge in [0.1, 0.15) is 5.82 Å². The van der Waals surface area contributed by atoms with E-state index in [2.05, 4.69) is 47.4 Å². The number of anilines is 1. The third-order valence-electron chi connectivity index (χ3n) is 2.88. The Morgan fingerprint density at radius 1 is 1.14 bits per heavy atom. The van der Waals surface area contributed by atoms with Crippen LogP contribution in [0.2, 0.25) is 0 Å². The third kappa shape index (κ3) is 2.56. The number of benzene rings is 2. The summed E-state index contributed by atoms with van der Waals surface area (Å²) in [6.45, 7) is 0. The number of hydrogen-bond donors (Lipinski definition) is 1. The van der Waals surface area contributed by atoms with Crippen LogP contribution in [-0.4, -0.2) is 20.2 Å². The van der Waals surface area contributed by atoms with Gasteiger partial charge in [-0.05, 0) is 72.6 Å². The summed E-state index contributed by atoms with van der Waals surface area (Å²) in [5.74, 6) is 0.159. The van der Waals surface area contributed by atoms with Crippen LogP contribution in [0.4, 0.5) is 10.1 Å². The highest BCUT2D eigenvalue weighted by Crippen LogP contribution is 2.33. The molecule has 0 amide bonds. The lowest BCUT2D eigenvalue weighted by molar-refractivity contribution is 0.625. The van der Waals surface area contributed by atoms with Crippen LogP contribution in [-0.2, 0) is 0 Å². The Labute approximate surface area is 136 Å². The maximum atomic E-state index is 13.2. The molecule has 0 aliphatic carbocycles. The molecule has 21 heavy (non-hydrogen) atoms. The maximum absolute atomic E-state index is 13.2. The van der Waals surface area contributed by atoms with E-state index in [-0.39, 0.29) is 5.82 Å². The summed E-state index contributed by atoms with van der Waals surface area (Å²) >= 11 is 6.75. The van der Waals surface area contributed by atoms with Crippen molar-refractivity contribution in [2.24, 2.45) is 0 Å². The molecule has 8 heteroatoms. The molecule has 0 saturated carbocycles. The van der Waals surface area contributed by atoms with E-state index in [4.69, 9.17) is 5.73 Å². The second-order valence-corrected chi connectivity index (χ2v) is 5.87. The van der Waals surface area contributed by atoms with E-state index in [0.717, 1.165) is 5.56 Å². The van der Waals surface area contributed by atoms with Gasteiger partial charge in [-0.1, -0.05) is 6.07 Å². The molecule has 5 nitrogen and oxygen atoms in total. The van der Waals surface area contributed by atoms with Gasteiger partial charge in [-0.2, -0.15) is 4.68 Å². The molecule has 0 radical (unpaired) electrons. The minimum atomic E-state index is -0.342. The summed E-state index contributed by atoms with van der Waals surface area (Å²) in [5.41, 5.74) is 7.84. The monoisotopic (exact) mass is 411 g/mol. The number of rotatable bonds is 2. The Bertz CT molecular complexity index is 818. The van der Waals surface area contributed by atoms with Gasteiger partial charge in [-0.15, -0.1) is 5.10 Å². The Hall–Kier alpha value is -1.80. The summed E-state index contributed by atoms with van der Waals surface area (Å²) < 4.78 is 16.0. The SMILES string of the molecule is Nc1cccc(-c2nnnn2-c2ccc(F)cc2Br)c1Br. The lowest BCUT2D eigenvalue weighted by Gasteiger charge is -2.09. The molecule has 0 saturated heterocycles. The van der Waals surface area contributed by atoms with Crippen molar-refractivity contribution in [2.75, 3.05) is 5.73 Å². The summed E-state index contributed by atoms with van der Waals surface area (Å²) in [4.78, 5) is 0. The highest BCUT2D eigenvalue weighted by Gasteiger charge is 2.16. The molecule has 3 rings (SSSR count). The summed E-state index contributed by atoms with van der Waals surface area (Å²) in [7, 11) is 0. The lowest BCUT2D eigenvalue weighted by Crippen LogP contribution is -2.02. The molecule has 0 bridgehead atoms. The molecule has 2 aromatic carbocycles. The van der Waals surface area contributed by atoms with Crippen LogP contribution in [0.3, 0.4) is 0 Å². The fourth-order valence-corrected chi connectivity index (χ4v) is 2.85. The minimum absolute atomic E-state index is 0.342. The second-order valence-electron chi connectivity index (χ2n) is 4.22. The first-order chi connectivity index (χ1) is 10.1. The Morgan fingerprint density at radius 2 is 1.95 bits per heavy atom. The molecule has 2 N–H and O–H groups in total. The molecule has 0 atom stereocenters. The van der Waals surface area contributed by atoms with Gasteiger partial charge in [0.05, 0.1) is 10.2 Å². The van der Waals surface area contributed by atoms with Crippen LogP contribution < -0.4 is 5.73 Å². The van der Waals surface area contributed by atoms with Gasteiger partial charge in [0.2, 0.25) is 0 Å². The van der Waals surface area contributed by atoms with Gasteiger partial charge in [-0.3, -0.25) is 0 Å². The van der Waals surface area contributed by atoms with Crippen LogP contribution in [0.15, 0.2) is 45.3 Å². The smallest absolute Gasteiger partial charge is 0.188 e. The van der Waals surface area contributed by atoms with Gasteiger partial charge in [-0.25, -0.2) is 4.39 Å². The average molecular weight is 413 g/mol. The highest BCUT2D eigenvalue weighted by molar-refractivity contribution is 9.11. The largest absolute Gasteiger partial charge is 0.398 e. The van der Waals surface area contributed by atoms with Crippen molar-refractivity contribution in [1.82, 2.24) is 20.2 Å². The van der Waals surface area contributed by atoms with E-state index in [1.807, 2.05) is 12.1 Å². The molecule has 106 valence electrons. The Kier molecular flexibility index (Phi) is 3.73. The quantitative estimate of drug-likeness (QED) is 0.653. The van der Waals surface area contributed by atoms with Crippen molar-refractivity contribution in [3.63, 3.8) is 0 Å². The first-order valence-corrected chi connectivity index (χ1v) is 7.44.